The van der Waals surface area contributed by atoms with Gasteiger partial charge in [0.25, 0.3) is 0 Å². The lowest BCUT2D eigenvalue weighted by Gasteiger charge is -2.01. The van der Waals surface area contributed by atoms with Gasteiger partial charge in [-0.15, -0.1) is 20.4 Å². The van der Waals surface area contributed by atoms with Crippen molar-refractivity contribution in [1.82, 2.24) is 20.4 Å². The first-order valence-electron chi connectivity index (χ1n) is 11.2. The molecule has 0 aliphatic rings. The van der Waals surface area contributed by atoms with E-state index in [0.717, 1.165) is 46.8 Å². The van der Waals surface area contributed by atoms with E-state index in [2.05, 4.69) is 31.0 Å². The van der Waals surface area contributed by atoms with Crippen LogP contribution in [0.5, 0.6) is 11.5 Å². The Kier molecular flexibility index (Phi) is 8.53. The number of unbranched alkanes of at least 4 members (excludes halogenated alkanes) is 1. The number of carbonyl (C=O) groups is 2. The minimum atomic E-state index is -0.189. The third-order valence-electron chi connectivity index (χ3n) is 5.06. The zero-order valence-electron chi connectivity index (χ0n) is 19.2. The number of benzene rings is 2. The SMILES string of the molecule is O=C(Cc1ccc(O)cc1)Nc1nnc(CCCCc2nnc(NC(=O)Cc3ccc(O)cc3)s2)s1. The van der Waals surface area contributed by atoms with E-state index in [-0.39, 0.29) is 36.2 Å². The molecule has 0 radical (unpaired) electrons. The summed E-state index contributed by atoms with van der Waals surface area (Å²) in [7, 11) is 0. The number of nitrogens with one attached hydrogen (secondary N) is 2. The van der Waals surface area contributed by atoms with Gasteiger partial charge in [0.1, 0.15) is 21.5 Å². The van der Waals surface area contributed by atoms with E-state index in [1.54, 1.807) is 48.5 Å². The highest BCUT2D eigenvalue weighted by Gasteiger charge is 2.11. The molecular weight excluding hydrogens is 500 g/mol. The van der Waals surface area contributed by atoms with Crippen LogP contribution in [-0.2, 0) is 35.3 Å². The summed E-state index contributed by atoms with van der Waals surface area (Å²) in [6, 6.07) is 13.0. The lowest BCUT2D eigenvalue weighted by atomic mass is 10.1. The lowest BCUT2D eigenvalue weighted by Crippen LogP contribution is -2.14. The van der Waals surface area contributed by atoms with Gasteiger partial charge in [-0.25, -0.2) is 0 Å². The molecule has 0 spiro atoms. The van der Waals surface area contributed by atoms with Crippen LogP contribution in [0.1, 0.15) is 34.0 Å². The highest BCUT2D eigenvalue weighted by Crippen LogP contribution is 2.21. The number of nitrogens with zero attached hydrogens (tertiary/aromatic N) is 4. The first-order valence-corrected chi connectivity index (χ1v) is 12.9. The fourth-order valence-corrected chi connectivity index (χ4v) is 4.88. The number of rotatable bonds is 11. The monoisotopic (exact) mass is 524 g/mol. The summed E-state index contributed by atoms with van der Waals surface area (Å²) in [6.07, 6.45) is 3.60. The maximum absolute atomic E-state index is 12.2. The molecule has 4 rings (SSSR count). The van der Waals surface area contributed by atoms with Gasteiger partial charge in [-0.2, -0.15) is 0 Å². The summed E-state index contributed by atoms with van der Waals surface area (Å²) < 4.78 is 0. The number of hydrogen-bond acceptors (Lipinski definition) is 10. The molecule has 12 heteroatoms. The number of carbonyl (C=O) groups excluding carboxylic acids is 2. The average molecular weight is 525 g/mol. The Morgan fingerprint density at radius 3 is 1.42 bits per heavy atom. The second-order valence-electron chi connectivity index (χ2n) is 7.99. The van der Waals surface area contributed by atoms with E-state index in [1.807, 2.05) is 0 Å². The van der Waals surface area contributed by atoms with Gasteiger partial charge in [-0.05, 0) is 48.2 Å². The molecule has 2 heterocycles. The molecule has 4 aromatic rings. The Hall–Kier alpha value is -3.90. The third kappa shape index (κ3) is 7.82. The van der Waals surface area contributed by atoms with Gasteiger partial charge in [0, 0.05) is 12.8 Å². The van der Waals surface area contributed by atoms with Crippen LogP contribution in [0, 0.1) is 0 Å². The van der Waals surface area contributed by atoms with Crippen LogP contribution in [0.2, 0.25) is 0 Å². The quantitative estimate of drug-likeness (QED) is 0.217. The van der Waals surface area contributed by atoms with Crippen molar-refractivity contribution in [3.8, 4) is 11.5 Å². The molecule has 2 amide bonds. The van der Waals surface area contributed by atoms with Crippen LogP contribution >= 0.6 is 22.7 Å². The molecule has 0 unspecified atom stereocenters. The van der Waals surface area contributed by atoms with E-state index in [9.17, 15) is 19.8 Å². The van der Waals surface area contributed by atoms with Crippen molar-refractivity contribution < 1.29 is 19.8 Å². The number of hydrogen-bond donors (Lipinski definition) is 4. The molecule has 0 atom stereocenters. The summed E-state index contributed by atoms with van der Waals surface area (Å²) in [4.78, 5) is 24.4. The summed E-state index contributed by atoms with van der Waals surface area (Å²) in [6.45, 7) is 0. The van der Waals surface area contributed by atoms with Crippen LogP contribution in [-0.4, -0.2) is 42.4 Å². The molecule has 0 aliphatic heterocycles. The number of aromatic nitrogens is 4. The van der Waals surface area contributed by atoms with Gasteiger partial charge in [0.2, 0.25) is 22.1 Å². The van der Waals surface area contributed by atoms with E-state index < -0.39 is 0 Å². The largest absolute Gasteiger partial charge is 0.508 e. The van der Waals surface area contributed by atoms with Crippen LogP contribution in [0.3, 0.4) is 0 Å². The molecular formula is C24H24N6O4S2. The minimum Gasteiger partial charge on any atom is -0.508 e. The van der Waals surface area contributed by atoms with Gasteiger partial charge in [-0.3, -0.25) is 9.59 Å². The number of amides is 2. The van der Waals surface area contributed by atoms with E-state index in [1.165, 1.54) is 22.7 Å². The Morgan fingerprint density at radius 2 is 1.03 bits per heavy atom. The minimum absolute atomic E-state index is 0.160. The summed E-state index contributed by atoms with van der Waals surface area (Å²) in [5.74, 6) is -0.0577. The molecule has 2 aromatic heterocycles. The average Bonchev–Trinajstić information content (AvgIpc) is 3.49. The lowest BCUT2D eigenvalue weighted by molar-refractivity contribution is -0.116. The second kappa shape index (κ2) is 12.2. The van der Waals surface area contributed by atoms with E-state index in [4.69, 9.17) is 0 Å². The predicted molar refractivity (Wildman–Crippen MR) is 137 cm³/mol. The Labute approximate surface area is 215 Å². The number of aryl methyl sites for hydroxylation is 2. The van der Waals surface area contributed by atoms with Gasteiger partial charge in [0.15, 0.2) is 0 Å². The molecule has 0 aliphatic carbocycles. The first kappa shape index (κ1) is 25.2. The highest BCUT2D eigenvalue weighted by atomic mass is 32.1. The fraction of sp³-hybridized carbons (Fsp3) is 0.250. The summed E-state index contributed by atoms with van der Waals surface area (Å²) >= 11 is 2.70. The van der Waals surface area contributed by atoms with Gasteiger partial charge >= 0.3 is 0 Å². The van der Waals surface area contributed by atoms with Crippen molar-refractivity contribution in [2.75, 3.05) is 10.6 Å². The molecule has 0 bridgehead atoms. The van der Waals surface area contributed by atoms with Crippen molar-refractivity contribution in [2.45, 2.75) is 38.5 Å². The Balaban J connectivity index is 1.15. The van der Waals surface area contributed by atoms with Crippen molar-refractivity contribution in [3.63, 3.8) is 0 Å². The predicted octanol–water partition coefficient (Wildman–Crippen LogP) is 3.73. The standard InChI is InChI=1S/C24H24N6O4S2/c31-17-9-5-15(6-10-17)13-19(33)25-23-29-27-21(35-23)3-1-2-4-22-28-30-24(36-22)26-20(34)14-16-7-11-18(32)12-8-16/h5-12,31-32H,1-4,13-14H2,(H,25,29,33)(H,26,30,34). The second-order valence-corrected chi connectivity index (χ2v) is 10.1. The van der Waals surface area contributed by atoms with Gasteiger partial charge in [-0.1, -0.05) is 46.9 Å². The zero-order chi connectivity index (χ0) is 25.3. The summed E-state index contributed by atoms with van der Waals surface area (Å²) in [5, 5.41) is 43.1. The smallest absolute Gasteiger partial charge is 0.230 e. The number of phenolic OH excluding ortho intramolecular Hbond substituents is 2. The number of aromatic hydroxyl groups is 2. The maximum Gasteiger partial charge on any atom is 0.230 e. The molecule has 0 saturated heterocycles. The Bertz CT molecular complexity index is 1200. The molecule has 0 saturated carbocycles. The molecule has 0 fully saturated rings. The highest BCUT2D eigenvalue weighted by molar-refractivity contribution is 7.15. The third-order valence-corrected chi connectivity index (χ3v) is 6.86. The van der Waals surface area contributed by atoms with Gasteiger partial charge in [0.05, 0.1) is 12.8 Å². The van der Waals surface area contributed by atoms with Gasteiger partial charge < -0.3 is 20.8 Å². The molecule has 2 aromatic carbocycles. The van der Waals surface area contributed by atoms with E-state index >= 15 is 0 Å². The van der Waals surface area contributed by atoms with Crippen molar-refractivity contribution in [2.24, 2.45) is 0 Å². The molecule has 10 nitrogen and oxygen atoms in total. The Morgan fingerprint density at radius 1 is 0.639 bits per heavy atom. The van der Waals surface area contributed by atoms with Crippen molar-refractivity contribution in [3.05, 3.63) is 69.7 Å². The zero-order valence-corrected chi connectivity index (χ0v) is 20.8. The van der Waals surface area contributed by atoms with Crippen molar-refractivity contribution in [1.29, 1.82) is 0 Å². The van der Waals surface area contributed by atoms with Crippen LogP contribution in [0.25, 0.3) is 0 Å². The topological polar surface area (TPSA) is 150 Å². The molecule has 4 N–H and O–H groups in total. The first-order chi connectivity index (χ1) is 17.4. The maximum atomic E-state index is 12.2. The van der Waals surface area contributed by atoms with E-state index in [0.29, 0.717) is 10.3 Å². The fourth-order valence-electron chi connectivity index (χ4n) is 3.29. The normalized spacial score (nSPS) is 10.8. The van der Waals surface area contributed by atoms with Crippen LogP contribution in [0.4, 0.5) is 10.3 Å². The van der Waals surface area contributed by atoms with Crippen LogP contribution in [0.15, 0.2) is 48.5 Å². The number of phenols is 2. The van der Waals surface area contributed by atoms with Crippen molar-refractivity contribution >= 4 is 44.8 Å². The van der Waals surface area contributed by atoms with Crippen LogP contribution < -0.4 is 10.6 Å². The molecule has 186 valence electrons. The molecule has 36 heavy (non-hydrogen) atoms. The summed E-state index contributed by atoms with van der Waals surface area (Å²) in [5.41, 5.74) is 1.60. The number of anilines is 2.